The van der Waals surface area contributed by atoms with E-state index in [1.807, 2.05) is 26.0 Å². The highest BCUT2D eigenvalue weighted by Crippen LogP contribution is 2.47. The minimum Gasteiger partial charge on any atom is -0.324 e. The van der Waals surface area contributed by atoms with Crippen LogP contribution in [0.4, 0.5) is 5.69 Å². The quantitative estimate of drug-likeness (QED) is 0.802. The van der Waals surface area contributed by atoms with Crippen LogP contribution >= 0.6 is 11.8 Å². The Bertz CT molecular complexity index is 506. The fraction of sp³-hybridized carbons (Fsp3) is 0.462. The molecule has 1 fully saturated rings. The largest absolute Gasteiger partial charge is 0.324 e. The molecule has 3 rings (SSSR count). The van der Waals surface area contributed by atoms with Crippen LogP contribution in [-0.4, -0.2) is 10.7 Å². The van der Waals surface area contributed by atoms with E-state index < -0.39 is 4.75 Å². The second-order valence-electron chi connectivity index (χ2n) is 5.43. The van der Waals surface area contributed by atoms with Crippen molar-refractivity contribution < 1.29 is 4.79 Å². The van der Waals surface area contributed by atoms with E-state index in [1.54, 1.807) is 11.8 Å². The maximum Gasteiger partial charge on any atom is 0.240 e. The SMILES string of the molecule is CC1(C)Sc2cc(C3(N)CC3)ccc2NC1=O. The number of rotatable bonds is 1. The Morgan fingerprint density at radius 2 is 2.06 bits per heavy atom. The van der Waals surface area contributed by atoms with Crippen LogP contribution in [0.25, 0.3) is 0 Å². The fourth-order valence-electron chi connectivity index (χ4n) is 2.04. The number of anilines is 1. The van der Waals surface area contributed by atoms with Crippen LogP contribution in [0.5, 0.6) is 0 Å². The monoisotopic (exact) mass is 248 g/mol. The first-order valence-electron chi connectivity index (χ1n) is 5.85. The van der Waals surface area contributed by atoms with Gasteiger partial charge >= 0.3 is 0 Å². The Balaban J connectivity index is 2.01. The average molecular weight is 248 g/mol. The van der Waals surface area contributed by atoms with Crippen LogP contribution in [0.15, 0.2) is 23.1 Å². The van der Waals surface area contributed by atoms with Gasteiger partial charge < -0.3 is 11.1 Å². The lowest BCUT2D eigenvalue weighted by atomic mass is 10.0. The molecule has 1 aliphatic heterocycles. The lowest BCUT2D eigenvalue weighted by molar-refractivity contribution is -0.117. The van der Waals surface area contributed by atoms with Gasteiger partial charge in [0.05, 0.1) is 10.4 Å². The molecule has 0 spiro atoms. The molecule has 0 aromatic heterocycles. The number of carbonyl (C=O) groups excluding carboxylic acids is 1. The first kappa shape index (κ1) is 11.1. The summed E-state index contributed by atoms with van der Waals surface area (Å²) in [4.78, 5) is 12.9. The second-order valence-corrected chi connectivity index (χ2v) is 7.10. The van der Waals surface area contributed by atoms with Crippen LogP contribution < -0.4 is 11.1 Å². The molecular formula is C13H16N2OS. The summed E-state index contributed by atoms with van der Waals surface area (Å²) in [5.74, 6) is 0.0663. The number of hydrogen-bond acceptors (Lipinski definition) is 3. The summed E-state index contributed by atoms with van der Waals surface area (Å²) in [6.07, 6.45) is 2.12. The van der Waals surface area contributed by atoms with Crippen molar-refractivity contribution in [1.82, 2.24) is 0 Å². The van der Waals surface area contributed by atoms with Crippen molar-refractivity contribution >= 4 is 23.4 Å². The van der Waals surface area contributed by atoms with Gasteiger partial charge in [-0.05, 0) is 44.4 Å². The number of carbonyl (C=O) groups is 1. The molecule has 17 heavy (non-hydrogen) atoms. The van der Waals surface area contributed by atoms with E-state index in [2.05, 4.69) is 11.4 Å². The summed E-state index contributed by atoms with van der Waals surface area (Å²) in [6.45, 7) is 3.88. The molecule has 1 heterocycles. The Kier molecular flexibility index (Phi) is 2.14. The van der Waals surface area contributed by atoms with Gasteiger partial charge in [0, 0.05) is 10.4 Å². The number of hydrogen-bond donors (Lipinski definition) is 2. The minimum atomic E-state index is -0.406. The van der Waals surface area contributed by atoms with E-state index in [0.717, 1.165) is 23.4 Å². The van der Waals surface area contributed by atoms with E-state index in [0.29, 0.717) is 0 Å². The molecule has 1 saturated carbocycles. The van der Waals surface area contributed by atoms with Gasteiger partial charge in [0.1, 0.15) is 0 Å². The summed E-state index contributed by atoms with van der Waals surface area (Å²) < 4.78 is -0.406. The summed E-state index contributed by atoms with van der Waals surface area (Å²) in [5.41, 5.74) is 8.19. The van der Waals surface area contributed by atoms with Crippen LogP contribution in [-0.2, 0) is 10.3 Å². The van der Waals surface area contributed by atoms with Crippen molar-refractivity contribution in [3.8, 4) is 0 Å². The topological polar surface area (TPSA) is 55.1 Å². The van der Waals surface area contributed by atoms with Gasteiger partial charge in [-0.15, -0.1) is 11.8 Å². The first-order valence-corrected chi connectivity index (χ1v) is 6.66. The molecule has 0 bridgehead atoms. The number of benzene rings is 1. The van der Waals surface area contributed by atoms with Gasteiger partial charge in [0.25, 0.3) is 0 Å². The highest BCUT2D eigenvalue weighted by Gasteiger charge is 2.41. The zero-order chi connectivity index (χ0) is 12.3. The zero-order valence-electron chi connectivity index (χ0n) is 10.0. The molecule has 2 aliphatic rings. The van der Waals surface area contributed by atoms with E-state index in [4.69, 9.17) is 5.73 Å². The van der Waals surface area contributed by atoms with Crippen molar-refractivity contribution in [3.05, 3.63) is 23.8 Å². The average Bonchev–Trinajstić information content (AvgIpc) is 2.98. The first-order chi connectivity index (χ1) is 7.91. The molecule has 1 aliphatic carbocycles. The standard InChI is InChI=1S/C13H16N2OS/c1-12(2)11(16)15-9-4-3-8(7-10(9)17-12)13(14)5-6-13/h3-4,7H,5-6,14H2,1-2H3,(H,15,16). The normalized spacial score (nSPS) is 23.8. The Morgan fingerprint density at radius 1 is 1.35 bits per heavy atom. The lowest BCUT2D eigenvalue weighted by Gasteiger charge is -2.30. The highest BCUT2D eigenvalue weighted by atomic mass is 32.2. The van der Waals surface area contributed by atoms with Crippen molar-refractivity contribution in [2.75, 3.05) is 5.32 Å². The second kappa shape index (κ2) is 3.27. The third-order valence-corrected chi connectivity index (χ3v) is 4.76. The predicted octanol–water partition coefficient (Wildman–Crippen LogP) is 2.46. The molecule has 1 aromatic rings. The number of fused-ring (bicyclic) bond motifs is 1. The van der Waals surface area contributed by atoms with Gasteiger partial charge in [-0.1, -0.05) is 6.07 Å². The molecule has 1 aromatic carbocycles. The summed E-state index contributed by atoms with van der Waals surface area (Å²) in [5, 5.41) is 2.95. The van der Waals surface area contributed by atoms with Crippen LogP contribution in [0, 0.1) is 0 Å². The van der Waals surface area contributed by atoms with E-state index in [1.165, 1.54) is 5.56 Å². The third-order valence-electron chi connectivity index (χ3n) is 3.51. The highest BCUT2D eigenvalue weighted by molar-refractivity contribution is 8.01. The number of nitrogens with one attached hydrogen (secondary N) is 1. The van der Waals surface area contributed by atoms with Crippen molar-refractivity contribution in [1.29, 1.82) is 0 Å². The maximum atomic E-state index is 11.8. The molecule has 90 valence electrons. The summed E-state index contributed by atoms with van der Waals surface area (Å²) in [7, 11) is 0. The number of nitrogens with two attached hydrogens (primary N) is 1. The molecule has 1 amide bonds. The van der Waals surface area contributed by atoms with Crippen molar-refractivity contribution in [2.45, 2.75) is 41.9 Å². The number of amides is 1. The van der Waals surface area contributed by atoms with Crippen molar-refractivity contribution in [3.63, 3.8) is 0 Å². The fourth-order valence-corrected chi connectivity index (χ4v) is 3.15. The zero-order valence-corrected chi connectivity index (χ0v) is 10.9. The predicted molar refractivity (Wildman–Crippen MR) is 70.1 cm³/mol. The molecule has 0 unspecified atom stereocenters. The summed E-state index contributed by atoms with van der Waals surface area (Å²) in [6, 6.07) is 6.14. The molecule has 3 N–H and O–H groups in total. The summed E-state index contributed by atoms with van der Waals surface area (Å²) >= 11 is 1.61. The van der Waals surface area contributed by atoms with Gasteiger partial charge in [-0.3, -0.25) is 4.79 Å². The Labute approximate surface area is 105 Å². The smallest absolute Gasteiger partial charge is 0.240 e. The van der Waals surface area contributed by atoms with Crippen molar-refractivity contribution in [2.24, 2.45) is 5.73 Å². The molecule has 0 saturated heterocycles. The third kappa shape index (κ3) is 1.76. The van der Waals surface area contributed by atoms with Crippen LogP contribution in [0.1, 0.15) is 32.3 Å². The molecule has 4 heteroatoms. The van der Waals surface area contributed by atoms with Gasteiger partial charge in [-0.2, -0.15) is 0 Å². The molecule has 0 atom stereocenters. The van der Waals surface area contributed by atoms with Gasteiger partial charge in [0.15, 0.2) is 0 Å². The minimum absolute atomic E-state index is 0.0663. The number of thioether (sulfide) groups is 1. The Morgan fingerprint density at radius 3 is 2.71 bits per heavy atom. The van der Waals surface area contributed by atoms with E-state index in [-0.39, 0.29) is 11.4 Å². The molecular weight excluding hydrogens is 232 g/mol. The van der Waals surface area contributed by atoms with E-state index in [9.17, 15) is 4.79 Å². The maximum absolute atomic E-state index is 11.8. The van der Waals surface area contributed by atoms with Crippen LogP contribution in [0.2, 0.25) is 0 Å². The van der Waals surface area contributed by atoms with Gasteiger partial charge in [0.2, 0.25) is 5.91 Å². The van der Waals surface area contributed by atoms with Crippen LogP contribution in [0.3, 0.4) is 0 Å². The lowest BCUT2D eigenvalue weighted by Crippen LogP contribution is -2.37. The molecule has 0 radical (unpaired) electrons. The van der Waals surface area contributed by atoms with E-state index >= 15 is 0 Å². The Hall–Kier alpha value is -1.00. The van der Waals surface area contributed by atoms with Gasteiger partial charge in [-0.25, -0.2) is 0 Å². The molecule has 3 nitrogen and oxygen atoms in total.